The van der Waals surface area contributed by atoms with Crippen molar-refractivity contribution in [2.45, 2.75) is 0 Å². The molecule has 0 aliphatic carbocycles. The SMILES string of the molecule is Fc1ccc(N/N=C/c2ccc(/C=C/c3ccccc3)cc2)c(F)c1. The van der Waals surface area contributed by atoms with Crippen LogP contribution in [0.25, 0.3) is 12.2 Å². The fourth-order valence-electron chi connectivity index (χ4n) is 2.21. The molecule has 0 heterocycles. The van der Waals surface area contributed by atoms with Gasteiger partial charge in [-0.15, -0.1) is 0 Å². The molecule has 0 atom stereocenters. The van der Waals surface area contributed by atoms with Gasteiger partial charge < -0.3 is 0 Å². The van der Waals surface area contributed by atoms with Crippen molar-refractivity contribution in [1.82, 2.24) is 0 Å². The minimum absolute atomic E-state index is 0.125. The number of nitrogens with one attached hydrogen (secondary N) is 1. The molecule has 0 aliphatic heterocycles. The number of nitrogens with zero attached hydrogens (tertiary/aromatic N) is 1. The van der Waals surface area contributed by atoms with Crippen LogP contribution in [0, 0.1) is 11.6 Å². The van der Waals surface area contributed by atoms with Crippen LogP contribution in [0.15, 0.2) is 77.9 Å². The molecular weight excluding hydrogens is 318 g/mol. The van der Waals surface area contributed by atoms with Crippen molar-refractivity contribution >= 4 is 24.1 Å². The Hall–Kier alpha value is -3.27. The molecule has 0 saturated heterocycles. The van der Waals surface area contributed by atoms with E-state index in [-0.39, 0.29) is 5.69 Å². The van der Waals surface area contributed by atoms with Gasteiger partial charge >= 0.3 is 0 Å². The molecule has 0 saturated carbocycles. The summed E-state index contributed by atoms with van der Waals surface area (Å²) in [7, 11) is 0. The standard InChI is InChI=1S/C21H16F2N2/c22-19-12-13-21(20(23)14-19)25-24-15-18-10-8-17(9-11-18)7-6-16-4-2-1-3-5-16/h1-15,25H/b7-6+,24-15+. The summed E-state index contributed by atoms with van der Waals surface area (Å²) in [5.74, 6) is -1.30. The Morgan fingerprint density at radius 1 is 0.720 bits per heavy atom. The van der Waals surface area contributed by atoms with E-state index in [4.69, 9.17) is 0 Å². The van der Waals surface area contributed by atoms with Crippen molar-refractivity contribution in [3.63, 3.8) is 0 Å². The monoisotopic (exact) mass is 334 g/mol. The summed E-state index contributed by atoms with van der Waals surface area (Å²) in [4.78, 5) is 0. The van der Waals surface area contributed by atoms with E-state index in [1.54, 1.807) is 6.21 Å². The zero-order valence-corrected chi connectivity index (χ0v) is 13.4. The van der Waals surface area contributed by atoms with Gasteiger partial charge in [0, 0.05) is 6.07 Å². The number of hydrazone groups is 1. The van der Waals surface area contributed by atoms with Crippen LogP contribution >= 0.6 is 0 Å². The first-order valence-electron chi connectivity index (χ1n) is 7.78. The molecule has 0 aromatic heterocycles. The second kappa shape index (κ2) is 8.02. The maximum absolute atomic E-state index is 13.5. The van der Waals surface area contributed by atoms with Crippen LogP contribution in [0.5, 0.6) is 0 Å². The molecule has 4 heteroatoms. The number of benzene rings is 3. The van der Waals surface area contributed by atoms with Crippen molar-refractivity contribution in [3.8, 4) is 0 Å². The summed E-state index contributed by atoms with van der Waals surface area (Å²) in [6.45, 7) is 0. The first kappa shape index (κ1) is 16.6. The molecular formula is C21H16F2N2. The van der Waals surface area contributed by atoms with Crippen molar-refractivity contribution < 1.29 is 8.78 Å². The third-order valence-corrected chi connectivity index (χ3v) is 3.53. The molecule has 0 radical (unpaired) electrons. The zero-order chi connectivity index (χ0) is 17.5. The highest BCUT2D eigenvalue weighted by molar-refractivity contribution is 5.81. The lowest BCUT2D eigenvalue weighted by molar-refractivity contribution is 0.585. The predicted octanol–water partition coefficient (Wildman–Crippen LogP) is 5.58. The van der Waals surface area contributed by atoms with Crippen molar-refractivity contribution in [3.05, 3.63) is 101 Å². The van der Waals surface area contributed by atoms with Gasteiger partial charge in [-0.2, -0.15) is 5.10 Å². The predicted molar refractivity (Wildman–Crippen MR) is 99.4 cm³/mol. The second-order valence-corrected chi connectivity index (χ2v) is 5.40. The molecule has 124 valence electrons. The minimum atomic E-state index is -0.682. The molecule has 2 nitrogen and oxygen atoms in total. The Morgan fingerprint density at radius 2 is 1.36 bits per heavy atom. The fraction of sp³-hybridized carbons (Fsp3) is 0. The van der Waals surface area contributed by atoms with Crippen LogP contribution in [0.2, 0.25) is 0 Å². The van der Waals surface area contributed by atoms with Gasteiger partial charge in [0.2, 0.25) is 0 Å². The molecule has 3 aromatic carbocycles. The molecule has 0 aliphatic rings. The highest BCUT2D eigenvalue weighted by atomic mass is 19.1. The van der Waals surface area contributed by atoms with Crippen LogP contribution in [-0.2, 0) is 0 Å². The average Bonchev–Trinajstić information content (AvgIpc) is 2.64. The molecule has 3 rings (SSSR count). The fourth-order valence-corrected chi connectivity index (χ4v) is 2.21. The lowest BCUT2D eigenvalue weighted by Gasteiger charge is -2.01. The summed E-state index contributed by atoms with van der Waals surface area (Å²) < 4.78 is 26.3. The van der Waals surface area contributed by atoms with Gasteiger partial charge in [-0.05, 0) is 28.8 Å². The molecule has 0 spiro atoms. The van der Waals surface area contributed by atoms with E-state index >= 15 is 0 Å². The molecule has 0 amide bonds. The van der Waals surface area contributed by atoms with Crippen molar-refractivity contribution in [1.29, 1.82) is 0 Å². The van der Waals surface area contributed by atoms with E-state index in [0.29, 0.717) is 0 Å². The Kier molecular flexibility index (Phi) is 5.32. The van der Waals surface area contributed by atoms with Gasteiger partial charge in [0.25, 0.3) is 0 Å². The number of hydrogen-bond acceptors (Lipinski definition) is 2. The van der Waals surface area contributed by atoms with Gasteiger partial charge in [-0.25, -0.2) is 8.78 Å². The first-order chi connectivity index (χ1) is 12.2. The number of rotatable bonds is 5. The largest absolute Gasteiger partial charge is 0.276 e. The summed E-state index contributed by atoms with van der Waals surface area (Å²) >= 11 is 0. The van der Waals surface area contributed by atoms with E-state index < -0.39 is 11.6 Å². The van der Waals surface area contributed by atoms with Crippen LogP contribution < -0.4 is 5.43 Å². The zero-order valence-electron chi connectivity index (χ0n) is 13.4. The molecule has 0 unspecified atom stereocenters. The molecule has 1 N–H and O–H groups in total. The van der Waals surface area contributed by atoms with Gasteiger partial charge in [-0.1, -0.05) is 66.7 Å². The van der Waals surface area contributed by atoms with Crippen LogP contribution in [0.4, 0.5) is 14.5 Å². The number of halogens is 2. The molecule has 0 fully saturated rings. The maximum Gasteiger partial charge on any atom is 0.151 e. The quantitative estimate of drug-likeness (QED) is 0.367. The van der Waals surface area contributed by atoms with E-state index in [1.165, 1.54) is 12.1 Å². The van der Waals surface area contributed by atoms with Gasteiger partial charge in [0.1, 0.15) is 5.82 Å². The smallest absolute Gasteiger partial charge is 0.151 e. The van der Waals surface area contributed by atoms with Crippen molar-refractivity contribution in [2.24, 2.45) is 5.10 Å². The topological polar surface area (TPSA) is 24.4 Å². The van der Waals surface area contributed by atoms with Gasteiger partial charge in [0.15, 0.2) is 5.82 Å². The third kappa shape index (κ3) is 4.85. The Labute approximate surface area is 145 Å². The van der Waals surface area contributed by atoms with Crippen LogP contribution in [-0.4, -0.2) is 6.21 Å². The first-order valence-corrected chi connectivity index (χ1v) is 7.78. The third-order valence-electron chi connectivity index (χ3n) is 3.53. The highest BCUT2D eigenvalue weighted by Crippen LogP contribution is 2.15. The van der Waals surface area contributed by atoms with E-state index in [0.717, 1.165) is 22.8 Å². The average molecular weight is 334 g/mol. The van der Waals surface area contributed by atoms with Crippen LogP contribution in [0.3, 0.4) is 0 Å². The normalized spacial score (nSPS) is 11.3. The summed E-state index contributed by atoms with van der Waals surface area (Å²) in [6.07, 6.45) is 5.65. The maximum atomic E-state index is 13.5. The molecule has 0 bridgehead atoms. The van der Waals surface area contributed by atoms with Crippen molar-refractivity contribution in [2.75, 3.05) is 5.43 Å². The van der Waals surface area contributed by atoms with Gasteiger partial charge in [-0.3, -0.25) is 5.43 Å². The van der Waals surface area contributed by atoms with E-state index in [2.05, 4.69) is 10.5 Å². The summed E-state index contributed by atoms with van der Waals surface area (Å²) in [6, 6.07) is 21.1. The molecule has 3 aromatic rings. The Balaban J connectivity index is 1.61. The van der Waals surface area contributed by atoms with Gasteiger partial charge in [0.05, 0.1) is 11.9 Å². The summed E-state index contributed by atoms with van der Waals surface area (Å²) in [5, 5.41) is 3.97. The lowest BCUT2D eigenvalue weighted by atomic mass is 10.1. The lowest BCUT2D eigenvalue weighted by Crippen LogP contribution is -1.94. The summed E-state index contributed by atoms with van der Waals surface area (Å²) in [5.41, 5.74) is 5.76. The number of anilines is 1. The molecule has 25 heavy (non-hydrogen) atoms. The Bertz CT molecular complexity index is 886. The van der Waals surface area contributed by atoms with E-state index in [1.807, 2.05) is 66.7 Å². The second-order valence-electron chi connectivity index (χ2n) is 5.40. The highest BCUT2D eigenvalue weighted by Gasteiger charge is 2.01. The number of hydrogen-bond donors (Lipinski definition) is 1. The Morgan fingerprint density at radius 3 is 2.04 bits per heavy atom. The van der Waals surface area contributed by atoms with Crippen LogP contribution in [0.1, 0.15) is 16.7 Å². The van der Waals surface area contributed by atoms with E-state index in [9.17, 15) is 8.78 Å². The minimum Gasteiger partial charge on any atom is -0.276 e.